The minimum Gasteiger partial charge on any atom is -0.444 e. The van der Waals surface area contributed by atoms with Crippen LogP contribution in [0.4, 0.5) is 40.0 Å². The zero-order valence-corrected chi connectivity index (χ0v) is 25.3. The highest BCUT2D eigenvalue weighted by Gasteiger charge is 2.38. The van der Waals surface area contributed by atoms with E-state index in [1.807, 2.05) is 6.07 Å². The SMILES string of the molecule is CC(C)(C)OC(=O)NCCNC(=N)c1ccc(NC(=O)N2c3nc(-c4cccc(C(F)(F)F)c4)ccc3N3CCC[C@@H]2C3)cc1. The van der Waals surface area contributed by atoms with Crippen molar-refractivity contribution < 1.29 is 27.5 Å². The Hall–Kier alpha value is -4.81. The summed E-state index contributed by atoms with van der Waals surface area (Å²) in [6, 6.07) is 14.7. The highest BCUT2D eigenvalue weighted by molar-refractivity contribution is 6.05. The summed E-state index contributed by atoms with van der Waals surface area (Å²) >= 11 is 0. The molecule has 13 heteroatoms. The second-order valence-corrected chi connectivity index (χ2v) is 12.0. The van der Waals surface area contributed by atoms with Gasteiger partial charge in [0.05, 0.1) is 23.0 Å². The number of halogens is 3. The third kappa shape index (κ3) is 7.65. The smallest absolute Gasteiger partial charge is 0.416 e. The molecule has 45 heavy (non-hydrogen) atoms. The Morgan fingerprint density at radius 3 is 2.47 bits per heavy atom. The third-order valence-electron chi connectivity index (χ3n) is 7.41. The van der Waals surface area contributed by atoms with Gasteiger partial charge in [0.1, 0.15) is 11.4 Å². The maximum absolute atomic E-state index is 13.7. The van der Waals surface area contributed by atoms with Gasteiger partial charge in [-0.3, -0.25) is 10.3 Å². The van der Waals surface area contributed by atoms with Crippen molar-refractivity contribution in [3.63, 3.8) is 0 Å². The first kappa shape index (κ1) is 31.6. The fourth-order valence-electron chi connectivity index (χ4n) is 5.37. The first-order valence-corrected chi connectivity index (χ1v) is 14.7. The van der Waals surface area contributed by atoms with Gasteiger partial charge >= 0.3 is 18.3 Å². The van der Waals surface area contributed by atoms with Crippen molar-refractivity contribution in [1.82, 2.24) is 15.6 Å². The number of pyridine rings is 1. The van der Waals surface area contributed by atoms with Gasteiger partial charge < -0.3 is 25.6 Å². The standard InChI is InChI=1S/C32H36F3N7O3/c1-31(2,3)45-30(44)38-16-15-37-27(36)20-9-11-23(12-10-20)39-29(43)42-24-8-5-17-41(19-24)26-14-13-25(40-28(26)42)21-6-4-7-22(18-21)32(33,34)35/h4,6-7,9-14,18,24H,5,8,15-17,19H2,1-3H3,(H2,36,37)(H,38,44)(H,39,43)/t24-/m1/s1. The number of alkyl carbamates (subject to hydrolysis) is 1. The number of amidine groups is 1. The number of hydrogen-bond acceptors (Lipinski definition) is 6. The minimum absolute atomic E-state index is 0.150. The number of rotatable bonds is 6. The number of fused-ring (bicyclic) bond motifs is 4. The molecular weight excluding hydrogens is 587 g/mol. The topological polar surface area (TPSA) is 123 Å². The first-order valence-electron chi connectivity index (χ1n) is 14.7. The molecule has 5 rings (SSSR count). The normalized spacial score (nSPS) is 16.0. The Bertz CT molecular complexity index is 1570. The van der Waals surface area contributed by atoms with Gasteiger partial charge in [0.25, 0.3) is 0 Å². The van der Waals surface area contributed by atoms with E-state index in [2.05, 4.69) is 20.9 Å². The Kier molecular flexibility index (Phi) is 8.89. The number of piperidine rings is 1. The molecule has 2 aliphatic rings. The molecule has 3 aromatic rings. The van der Waals surface area contributed by atoms with Gasteiger partial charge in [-0.15, -0.1) is 0 Å². The lowest BCUT2D eigenvalue weighted by atomic mass is 9.99. The van der Waals surface area contributed by atoms with Crippen molar-refractivity contribution >= 4 is 35.2 Å². The van der Waals surface area contributed by atoms with Crippen LogP contribution in [0.25, 0.3) is 11.3 Å². The lowest BCUT2D eigenvalue weighted by Gasteiger charge is -2.45. The molecule has 2 aromatic carbocycles. The van der Waals surface area contributed by atoms with Crippen LogP contribution in [0.5, 0.6) is 0 Å². The summed E-state index contributed by atoms with van der Waals surface area (Å²) in [4.78, 5) is 34.0. The van der Waals surface area contributed by atoms with Crippen molar-refractivity contribution in [1.29, 1.82) is 5.41 Å². The number of carbonyl (C=O) groups is 2. The van der Waals surface area contributed by atoms with Crippen LogP contribution in [0, 0.1) is 5.41 Å². The lowest BCUT2D eigenvalue weighted by Crippen LogP contribution is -2.56. The zero-order chi connectivity index (χ0) is 32.4. The number of nitrogens with one attached hydrogen (secondary N) is 4. The summed E-state index contributed by atoms with van der Waals surface area (Å²) in [7, 11) is 0. The van der Waals surface area contributed by atoms with Crippen LogP contribution in [-0.4, -0.2) is 60.8 Å². The number of carbonyl (C=O) groups excluding carboxylic acids is 2. The number of alkyl halides is 3. The van der Waals surface area contributed by atoms with Crippen molar-refractivity contribution in [2.75, 3.05) is 41.3 Å². The molecule has 1 saturated heterocycles. The van der Waals surface area contributed by atoms with Crippen LogP contribution >= 0.6 is 0 Å². The molecule has 2 aliphatic heterocycles. The van der Waals surface area contributed by atoms with E-state index in [1.54, 1.807) is 62.1 Å². The quantitative estimate of drug-likeness (QED) is 0.147. The van der Waals surface area contributed by atoms with E-state index in [9.17, 15) is 22.8 Å². The summed E-state index contributed by atoms with van der Waals surface area (Å²) in [6.07, 6.45) is -3.36. The molecule has 1 fully saturated rings. The van der Waals surface area contributed by atoms with Crippen LogP contribution in [0.3, 0.4) is 0 Å². The Labute approximate surface area is 259 Å². The number of benzene rings is 2. The van der Waals surface area contributed by atoms with E-state index in [1.165, 1.54) is 6.07 Å². The molecule has 0 aliphatic carbocycles. The maximum Gasteiger partial charge on any atom is 0.416 e. The summed E-state index contributed by atoms with van der Waals surface area (Å²) in [5, 5.41) is 16.8. The fourth-order valence-corrected chi connectivity index (χ4v) is 5.37. The van der Waals surface area contributed by atoms with E-state index < -0.39 is 29.5 Å². The molecule has 0 spiro atoms. The van der Waals surface area contributed by atoms with Crippen LogP contribution < -0.4 is 25.8 Å². The second kappa shape index (κ2) is 12.7. The van der Waals surface area contributed by atoms with Gasteiger partial charge in [-0.25, -0.2) is 14.6 Å². The minimum atomic E-state index is -4.48. The summed E-state index contributed by atoms with van der Waals surface area (Å²) < 4.78 is 45.3. The zero-order valence-electron chi connectivity index (χ0n) is 25.3. The van der Waals surface area contributed by atoms with Crippen molar-refractivity contribution in [2.24, 2.45) is 0 Å². The van der Waals surface area contributed by atoms with Gasteiger partial charge in [0.2, 0.25) is 0 Å². The maximum atomic E-state index is 13.7. The van der Waals surface area contributed by atoms with Crippen molar-refractivity contribution in [3.05, 3.63) is 71.8 Å². The van der Waals surface area contributed by atoms with E-state index >= 15 is 0 Å². The molecule has 1 aromatic heterocycles. The number of amides is 3. The van der Waals surface area contributed by atoms with Crippen LogP contribution in [0.1, 0.15) is 44.7 Å². The monoisotopic (exact) mass is 623 g/mol. The molecule has 2 bridgehead atoms. The first-order chi connectivity index (χ1) is 21.3. The molecule has 238 valence electrons. The van der Waals surface area contributed by atoms with Crippen LogP contribution in [0.2, 0.25) is 0 Å². The van der Waals surface area contributed by atoms with Crippen molar-refractivity contribution in [2.45, 2.75) is 51.4 Å². The predicted octanol–water partition coefficient (Wildman–Crippen LogP) is 6.23. The molecule has 0 saturated carbocycles. The van der Waals surface area contributed by atoms with Gasteiger partial charge in [0.15, 0.2) is 5.82 Å². The van der Waals surface area contributed by atoms with E-state index in [4.69, 9.17) is 15.1 Å². The average molecular weight is 624 g/mol. The van der Waals surface area contributed by atoms with Crippen molar-refractivity contribution in [3.8, 4) is 11.3 Å². The average Bonchev–Trinajstić information content (AvgIpc) is 2.98. The number of urea groups is 1. The molecule has 1 atom stereocenters. The summed E-state index contributed by atoms with van der Waals surface area (Å²) in [5.41, 5.74) is 1.15. The van der Waals surface area contributed by atoms with E-state index in [0.29, 0.717) is 41.4 Å². The molecule has 0 unspecified atom stereocenters. The number of anilines is 3. The second-order valence-electron chi connectivity index (χ2n) is 12.0. The van der Waals surface area contributed by atoms with Gasteiger partial charge in [-0.2, -0.15) is 13.2 Å². The Morgan fingerprint density at radius 1 is 1.02 bits per heavy atom. The predicted molar refractivity (Wildman–Crippen MR) is 167 cm³/mol. The van der Waals surface area contributed by atoms with Gasteiger partial charge in [-0.1, -0.05) is 12.1 Å². The van der Waals surface area contributed by atoms with Crippen LogP contribution in [-0.2, 0) is 10.9 Å². The number of hydrogen-bond donors (Lipinski definition) is 4. The molecule has 10 nitrogen and oxygen atoms in total. The Balaban J connectivity index is 1.27. The largest absolute Gasteiger partial charge is 0.444 e. The van der Waals surface area contributed by atoms with Gasteiger partial charge in [-0.05, 0) is 82.1 Å². The molecular formula is C32H36F3N7O3. The molecule has 3 heterocycles. The van der Waals surface area contributed by atoms with E-state index in [-0.39, 0.29) is 18.4 Å². The number of nitrogens with zero attached hydrogens (tertiary/aromatic N) is 3. The number of ether oxygens (including phenoxy) is 1. The highest BCUT2D eigenvalue weighted by atomic mass is 19.4. The molecule has 4 N–H and O–H groups in total. The molecule has 0 radical (unpaired) electrons. The van der Waals surface area contributed by atoms with E-state index in [0.717, 1.165) is 37.2 Å². The number of aromatic nitrogens is 1. The lowest BCUT2D eigenvalue weighted by molar-refractivity contribution is -0.137. The van der Waals surface area contributed by atoms with Gasteiger partial charge in [0, 0.05) is 43.0 Å². The fraction of sp³-hybridized carbons (Fsp3) is 0.375. The summed E-state index contributed by atoms with van der Waals surface area (Å²) in [6.45, 7) is 7.36. The highest BCUT2D eigenvalue weighted by Crippen LogP contribution is 2.40. The van der Waals surface area contributed by atoms with Crippen LogP contribution in [0.15, 0.2) is 60.7 Å². The Morgan fingerprint density at radius 2 is 1.76 bits per heavy atom. The molecule has 3 amide bonds. The summed E-state index contributed by atoms with van der Waals surface area (Å²) in [5.74, 6) is 0.554. The third-order valence-corrected chi connectivity index (χ3v) is 7.41.